The average Bonchev–Trinajstić information content (AvgIpc) is 2.90. The molecule has 1 aromatic heterocycles. The molecule has 1 heterocycles. The van der Waals surface area contributed by atoms with Gasteiger partial charge in [0.05, 0.1) is 17.9 Å². The number of oxazole rings is 1. The quantitative estimate of drug-likeness (QED) is 0.684. The highest BCUT2D eigenvalue weighted by Gasteiger charge is 2.35. The first-order chi connectivity index (χ1) is 12.0. The largest absolute Gasteiger partial charge is 0.481 e. The van der Waals surface area contributed by atoms with Gasteiger partial charge in [0.15, 0.2) is 5.58 Å². The highest BCUT2D eigenvalue weighted by atomic mass is 32.2. The number of fused-ring (bicyclic) bond motifs is 1. The molecular weight excluding hydrogens is 375 g/mol. The minimum Gasteiger partial charge on any atom is -0.481 e. The van der Waals surface area contributed by atoms with Gasteiger partial charge in [-0.15, -0.1) is 0 Å². The minimum atomic E-state index is -4.52. The smallest absolute Gasteiger partial charge is 0.416 e. The van der Waals surface area contributed by atoms with E-state index < -0.39 is 41.3 Å². The Bertz CT molecular complexity index is 818. The van der Waals surface area contributed by atoms with Crippen LogP contribution in [0.1, 0.15) is 25.8 Å². The van der Waals surface area contributed by atoms with Crippen molar-refractivity contribution in [3.63, 3.8) is 0 Å². The SMILES string of the molecule is CC(C)C(Sc1nc2ccc(C(F)(F)F)cc2o1)C(CC(=O)O)C(=O)O. The number of hydrogen-bond acceptors (Lipinski definition) is 5. The van der Waals surface area contributed by atoms with Gasteiger partial charge in [0.25, 0.3) is 5.22 Å². The van der Waals surface area contributed by atoms with Gasteiger partial charge >= 0.3 is 18.1 Å². The molecule has 0 amide bonds. The monoisotopic (exact) mass is 391 g/mol. The van der Waals surface area contributed by atoms with Gasteiger partial charge in [0.1, 0.15) is 5.52 Å². The van der Waals surface area contributed by atoms with E-state index in [1.54, 1.807) is 13.8 Å². The van der Waals surface area contributed by atoms with E-state index in [1.165, 1.54) is 6.07 Å². The van der Waals surface area contributed by atoms with Crippen LogP contribution in [0.2, 0.25) is 0 Å². The summed E-state index contributed by atoms with van der Waals surface area (Å²) in [5.74, 6) is -3.95. The van der Waals surface area contributed by atoms with Crippen molar-refractivity contribution < 1.29 is 37.4 Å². The van der Waals surface area contributed by atoms with Crippen molar-refractivity contribution in [1.29, 1.82) is 0 Å². The predicted molar refractivity (Wildman–Crippen MR) is 86.9 cm³/mol. The number of hydrogen-bond donors (Lipinski definition) is 2. The number of benzene rings is 1. The number of thioether (sulfide) groups is 1. The lowest BCUT2D eigenvalue weighted by atomic mass is 9.93. The van der Waals surface area contributed by atoms with E-state index in [9.17, 15) is 27.9 Å². The van der Waals surface area contributed by atoms with Gasteiger partial charge in [-0.2, -0.15) is 13.2 Å². The molecule has 0 aliphatic carbocycles. The molecule has 10 heteroatoms. The number of carboxylic acid groups (broad SMARTS) is 2. The van der Waals surface area contributed by atoms with E-state index in [-0.39, 0.29) is 22.2 Å². The molecule has 6 nitrogen and oxygen atoms in total. The van der Waals surface area contributed by atoms with Crippen molar-refractivity contribution in [1.82, 2.24) is 4.98 Å². The number of carboxylic acids is 2. The zero-order chi connectivity index (χ0) is 19.6. The Morgan fingerprint density at radius 3 is 2.42 bits per heavy atom. The summed E-state index contributed by atoms with van der Waals surface area (Å²) in [6, 6.07) is 2.87. The molecule has 0 aliphatic heterocycles. The average molecular weight is 391 g/mol. The molecule has 2 rings (SSSR count). The van der Waals surface area contributed by atoms with Gasteiger partial charge in [0, 0.05) is 5.25 Å². The zero-order valence-electron chi connectivity index (χ0n) is 13.8. The Morgan fingerprint density at radius 1 is 1.27 bits per heavy atom. The van der Waals surface area contributed by atoms with Gasteiger partial charge in [0.2, 0.25) is 0 Å². The Kier molecular flexibility index (Phi) is 5.84. The van der Waals surface area contributed by atoms with Gasteiger partial charge in [-0.3, -0.25) is 9.59 Å². The summed E-state index contributed by atoms with van der Waals surface area (Å²) < 4.78 is 43.6. The third-order valence-electron chi connectivity index (χ3n) is 3.70. The van der Waals surface area contributed by atoms with Crippen molar-refractivity contribution in [2.75, 3.05) is 0 Å². The van der Waals surface area contributed by atoms with E-state index in [4.69, 9.17) is 9.52 Å². The maximum atomic E-state index is 12.8. The fourth-order valence-electron chi connectivity index (χ4n) is 2.46. The molecule has 2 N–H and O–H groups in total. The lowest BCUT2D eigenvalue weighted by Gasteiger charge is -2.24. The molecule has 0 radical (unpaired) electrons. The normalized spacial score (nSPS) is 14.5. The number of alkyl halides is 3. The Morgan fingerprint density at radius 2 is 1.92 bits per heavy atom. The summed E-state index contributed by atoms with van der Waals surface area (Å²) in [6.07, 6.45) is -5.10. The number of aliphatic carboxylic acids is 2. The van der Waals surface area contributed by atoms with Crippen LogP contribution in [0.3, 0.4) is 0 Å². The molecule has 0 spiro atoms. The maximum absolute atomic E-state index is 12.8. The summed E-state index contributed by atoms with van der Waals surface area (Å²) in [6.45, 7) is 3.44. The van der Waals surface area contributed by atoms with Crippen molar-refractivity contribution in [3.05, 3.63) is 23.8 Å². The van der Waals surface area contributed by atoms with Crippen LogP contribution in [0.4, 0.5) is 13.2 Å². The van der Waals surface area contributed by atoms with Gasteiger partial charge in [-0.05, 0) is 24.1 Å². The van der Waals surface area contributed by atoms with Crippen LogP contribution >= 0.6 is 11.8 Å². The number of nitrogens with zero attached hydrogens (tertiary/aromatic N) is 1. The van der Waals surface area contributed by atoms with E-state index >= 15 is 0 Å². The molecule has 0 saturated heterocycles. The summed E-state index contributed by atoms with van der Waals surface area (Å²) >= 11 is 0.911. The van der Waals surface area contributed by atoms with Gasteiger partial charge in [-0.25, -0.2) is 4.98 Å². The summed E-state index contributed by atoms with van der Waals surface area (Å²) in [5.41, 5.74) is -0.754. The van der Waals surface area contributed by atoms with Crippen LogP contribution in [0.15, 0.2) is 27.8 Å². The lowest BCUT2D eigenvalue weighted by molar-refractivity contribution is -0.148. The standard InChI is InChI=1S/C16H16F3NO5S/c1-7(2)13(9(14(23)24)6-12(21)22)26-15-20-10-4-3-8(16(17,18)19)5-11(10)25-15/h3-5,7,9,13H,6H2,1-2H3,(H,21,22)(H,23,24). The highest BCUT2D eigenvalue weighted by molar-refractivity contribution is 7.99. The van der Waals surface area contributed by atoms with Gasteiger partial charge < -0.3 is 14.6 Å². The molecule has 0 saturated carbocycles. The molecule has 2 aromatic rings. The second kappa shape index (κ2) is 7.56. The van der Waals surface area contributed by atoms with Crippen molar-refractivity contribution in [2.24, 2.45) is 11.8 Å². The number of halogens is 3. The Hall–Kier alpha value is -2.23. The Labute approximate surface area is 150 Å². The second-order valence-corrected chi connectivity index (χ2v) is 7.16. The molecule has 0 bridgehead atoms. The molecule has 1 aromatic carbocycles. The number of aromatic nitrogens is 1. The van der Waals surface area contributed by atoms with Gasteiger partial charge in [-0.1, -0.05) is 25.6 Å². The Balaban J connectivity index is 2.33. The summed E-state index contributed by atoms with van der Waals surface area (Å²) in [5, 5.41) is 17.6. The van der Waals surface area contributed by atoms with E-state index in [1.807, 2.05) is 0 Å². The first-order valence-electron chi connectivity index (χ1n) is 7.58. The van der Waals surface area contributed by atoms with Crippen LogP contribution in [0, 0.1) is 11.8 Å². The fraction of sp³-hybridized carbons (Fsp3) is 0.438. The first kappa shape index (κ1) is 20.1. The molecule has 26 heavy (non-hydrogen) atoms. The molecular formula is C16H16F3NO5S. The molecule has 0 fully saturated rings. The summed E-state index contributed by atoms with van der Waals surface area (Å²) in [7, 11) is 0. The molecule has 2 unspecified atom stereocenters. The zero-order valence-corrected chi connectivity index (χ0v) is 14.6. The van der Waals surface area contributed by atoms with E-state index in [0.717, 1.165) is 23.9 Å². The lowest BCUT2D eigenvalue weighted by Crippen LogP contribution is -2.32. The molecule has 142 valence electrons. The van der Waals surface area contributed by atoms with Crippen LogP contribution in [0.5, 0.6) is 0 Å². The van der Waals surface area contributed by atoms with Crippen LogP contribution in [0.25, 0.3) is 11.1 Å². The predicted octanol–water partition coefficient (Wildman–Crippen LogP) is 4.14. The minimum absolute atomic E-state index is 0.00494. The third-order valence-corrected chi connectivity index (χ3v) is 5.22. The van der Waals surface area contributed by atoms with Crippen LogP contribution < -0.4 is 0 Å². The maximum Gasteiger partial charge on any atom is 0.416 e. The van der Waals surface area contributed by atoms with E-state index in [0.29, 0.717) is 0 Å². The summed E-state index contributed by atoms with van der Waals surface area (Å²) in [4.78, 5) is 26.5. The number of rotatable bonds is 7. The highest BCUT2D eigenvalue weighted by Crippen LogP contribution is 2.37. The van der Waals surface area contributed by atoms with Crippen LogP contribution in [-0.2, 0) is 15.8 Å². The topological polar surface area (TPSA) is 101 Å². The number of carbonyl (C=O) groups is 2. The second-order valence-electron chi connectivity index (χ2n) is 6.03. The first-order valence-corrected chi connectivity index (χ1v) is 8.46. The fourth-order valence-corrected chi connectivity index (χ4v) is 3.63. The van der Waals surface area contributed by atoms with E-state index in [2.05, 4.69) is 4.98 Å². The molecule has 0 aliphatic rings. The van der Waals surface area contributed by atoms with Crippen molar-refractivity contribution >= 4 is 34.8 Å². The van der Waals surface area contributed by atoms with Crippen molar-refractivity contribution in [2.45, 2.75) is 36.9 Å². The van der Waals surface area contributed by atoms with Crippen molar-refractivity contribution in [3.8, 4) is 0 Å². The molecule has 2 atom stereocenters. The third kappa shape index (κ3) is 4.69. The van der Waals surface area contributed by atoms with Crippen LogP contribution in [-0.4, -0.2) is 32.4 Å².